The first-order valence-corrected chi connectivity index (χ1v) is 8.30. The average Bonchev–Trinajstić information content (AvgIpc) is 2.65. The van der Waals surface area contributed by atoms with Crippen molar-refractivity contribution in [3.8, 4) is 11.8 Å². The summed E-state index contributed by atoms with van der Waals surface area (Å²) in [6, 6.07) is 8.94. The third-order valence-electron chi connectivity index (χ3n) is 4.13. The molecule has 6 nitrogen and oxygen atoms in total. The topological polar surface area (TPSA) is 91.2 Å². The molecule has 1 heterocycles. The number of carbonyl (C=O) groups excluding carboxylic acids is 2. The quantitative estimate of drug-likeness (QED) is 0.756. The van der Waals surface area contributed by atoms with Gasteiger partial charge in [-0.15, -0.1) is 0 Å². The number of hydrogen-bond donors (Lipinski definition) is 2. The van der Waals surface area contributed by atoms with E-state index in [-0.39, 0.29) is 29.1 Å². The maximum Gasteiger partial charge on any atom is 0.422 e. The van der Waals surface area contributed by atoms with Crippen molar-refractivity contribution in [1.82, 2.24) is 0 Å². The van der Waals surface area contributed by atoms with Crippen LogP contribution >= 0.6 is 0 Å². The molecule has 1 aliphatic heterocycles. The molecule has 2 aromatic carbocycles. The first kappa shape index (κ1) is 20.1. The van der Waals surface area contributed by atoms with Crippen LogP contribution in [0.4, 0.5) is 28.9 Å². The van der Waals surface area contributed by atoms with Crippen LogP contribution in [0.25, 0.3) is 0 Å². The van der Waals surface area contributed by atoms with E-state index in [0.717, 1.165) is 24.3 Å². The normalized spacial score (nSPS) is 15.7. The van der Waals surface area contributed by atoms with E-state index in [9.17, 15) is 27.2 Å². The molecule has 29 heavy (non-hydrogen) atoms. The lowest BCUT2D eigenvalue weighted by atomic mass is 9.89. The minimum Gasteiger partial charge on any atom is -0.483 e. The minimum atomic E-state index is -4.56. The zero-order valence-electron chi connectivity index (χ0n) is 14.6. The van der Waals surface area contributed by atoms with Crippen LogP contribution in [-0.4, -0.2) is 24.6 Å². The summed E-state index contributed by atoms with van der Waals surface area (Å²) in [6.45, 7) is -1.56. The van der Waals surface area contributed by atoms with Crippen LogP contribution in [0, 0.1) is 17.1 Å². The first-order valence-electron chi connectivity index (χ1n) is 8.30. The monoisotopic (exact) mass is 407 g/mol. The summed E-state index contributed by atoms with van der Waals surface area (Å²) in [5.74, 6) is -2.79. The van der Waals surface area contributed by atoms with Crippen LogP contribution in [-0.2, 0) is 9.59 Å². The zero-order valence-corrected chi connectivity index (χ0v) is 14.6. The van der Waals surface area contributed by atoms with Crippen molar-refractivity contribution in [2.45, 2.75) is 18.5 Å². The molecule has 2 N–H and O–H groups in total. The SMILES string of the molecule is N#Cc1cc(NC(=O)C2CC(=O)Nc3cc(F)ccc32)ccc1OCC(F)(F)F. The van der Waals surface area contributed by atoms with Crippen LogP contribution in [0.5, 0.6) is 5.75 Å². The van der Waals surface area contributed by atoms with E-state index in [1.807, 2.05) is 0 Å². The van der Waals surface area contributed by atoms with E-state index in [2.05, 4.69) is 15.4 Å². The molecule has 0 saturated heterocycles. The Bertz CT molecular complexity index is 1010. The second-order valence-electron chi connectivity index (χ2n) is 6.25. The number of anilines is 2. The van der Waals surface area contributed by atoms with Crippen molar-refractivity contribution in [3.63, 3.8) is 0 Å². The second-order valence-corrected chi connectivity index (χ2v) is 6.25. The van der Waals surface area contributed by atoms with E-state index in [4.69, 9.17) is 5.26 Å². The fourth-order valence-corrected chi connectivity index (χ4v) is 2.88. The number of alkyl halides is 3. The summed E-state index contributed by atoms with van der Waals surface area (Å²) in [5.41, 5.74) is 0.556. The fourth-order valence-electron chi connectivity index (χ4n) is 2.88. The molecule has 3 rings (SSSR count). The van der Waals surface area contributed by atoms with Crippen molar-refractivity contribution >= 4 is 23.2 Å². The Balaban J connectivity index is 1.79. The maximum absolute atomic E-state index is 13.4. The van der Waals surface area contributed by atoms with E-state index >= 15 is 0 Å². The molecule has 2 aromatic rings. The largest absolute Gasteiger partial charge is 0.483 e. The smallest absolute Gasteiger partial charge is 0.422 e. The number of ether oxygens (including phenoxy) is 1. The van der Waals surface area contributed by atoms with Gasteiger partial charge < -0.3 is 15.4 Å². The molecule has 0 bridgehead atoms. The lowest BCUT2D eigenvalue weighted by molar-refractivity contribution is -0.153. The molecular weight excluding hydrogens is 394 g/mol. The molecule has 0 aliphatic carbocycles. The lowest BCUT2D eigenvalue weighted by Gasteiger charge is -2.25. The standard InChI is InChI=1S/C19H13F4N3O3/c20-11-1-3-13-14(7-17(27)26-15(13)6-11)18(28)25-12-2-4-16(10(5-12)8-24)29-9-19(21,22)23/h1-6,14H,7,9H2,(H,25,28)(H,26,27). The number of hydrogen-bond acceptors (Lipinski definition) is 4. The van der Waals surface area contributed by atoms with E-state index < -0.39 is 36.3 Å². The molecular formula is C19H13F4N3O3. The van der Waals surface area contributed by atoms with Gasteiger partial charge in [0, 0.05) is 17.8 Å². The van der Waals surface area contributed by atoms with Gasteiger partial charge in [0.05, 0.1) is 11.5 Å². The molecule has 10 heteroatoms. The molecule has 0 aromatic heterocycles. The van der Waals surface area contributed by atoms with Gasteiger partial charge in [0.25, 0.3) is 0 Å². The van der Waals surface area contributed by atoms with Gasteiger partial charge >= 0.3 is 6.18 Å². The number of nitrogens with zero attached hydrogens (tertiary/aromatic N) is 1. The fraction of sp³-hybridized carbons (Fsp3) is 0.211. The average molecular weight is 407 g/mol. The number of rotatable bonds is 4. The summed E-state index contributed by atoms with van der Waals surface area (Å²) in [4.78, 5) is 24.5. The molecule has 1 atom stereocenters. The minimum absolute atomic E-state index is 0.139. The third kappa shape index (κ3) is 4.82. The number of carbonyl (C=O) groups is 2. The number of amides is 2. The van der Waals surface area contributed by atoms with Crippen LogP contribution in [0.1, 0.15) is 23.5 Å². The van der Waals surface area contributed by atoms with Crippen LogP contribution in [0.15, 0.2) is 36.4 Å². The summed E-state index contributed by atoms with van der Waals surface area (Å²) in [5, 5.41) is 14.1. The van der Waals surface area contributed by atoms with Gasteiger partial charge in [0.15, 0.2) is 6.61 Å². The summed E-state index contributed by atoms with van der Waals surface area (Å²) < 4.78 is 54.9. The Morgan fingerprint density at radius 2 is 2.03 bits per heavy atom. The highest BCUT2D eigenvalue weighted by molar-refractivity contribution is 6.05. The Hall–Kier alpha value is -3.61. The van der Waals surface area contributed by atoms with Gasteiger partial charge in [-0.25, -0.2) is 4.39 Å². The van der Waals surface area contributed by atoms with Gasteiger partial charge in [-0.2, -0.15) is 18.4 Å². The predicted octanol–water partition coefficient (Wildman–Crippen LogP) is 3.70. The predicted molar refractivity (Wildman–Crippen MR) is 93.7 cm³/mol. The summed E-state index contributed by atoms with van der Waals surface area (Å²) in [6.07, 6.45) is -4.73. The Kier molecular flexibility index (Phi) is 5.41. The van der Waals surface area contributed by atoms with Gasteiger partial charge in [-0.3, -0.25) is 9.59 Å². The lowest BCUT2D eigenvalue weighted by Crippen LogP contribution is -2.30. The van der Waals surface area contributed by atoms with Gasteiger partial charge in [0.2, 0.25) is 11.8 Å². The van der Waals surface area contributed by atoms with Gasteiger partial charge in [-0.1, -0.05) is 6.07 Å². The van der Waals surface area contributed by atoms with Crippen molar-refractivity contribution in [2.24, 2.45) is 0 Å². The highest BCUT2D eigenvalue weighted by atomic mass is 19.4. The van der Waals surface area contributed by atoms with Gasteiger partial charge in [-0.05, 0) is 35.9 Å². The van der Waals surface area contributed by atoms with Crippen LogP contribution < -0.4 is 15.4 Å². The number of benzene rings is 2. The molecule has 1 unspecified atom stereocenters. The van der Waals surface area contributed by atoms with E-state index in [1.165, 1.54) is 12.1 Å². The highest BCUT2D eigenvalue weighted by Crippen LogP contribution is 2.34. The molecule has 2 amide bonds. The van der Waals surface area contributed by atoms with Crippen molar-refractivity contribution < 1.29 is 31.9 Å². The zero-order chi connectivity index (χ0) is 21.2. The first-order chi connectivity index (χ1) is 13.7. The van der Waals surface area contributed by atoms with Crippen molar-refractivity contribution in [1.29, 1.82) is 5.26 Å². The van der Waals surface area contributed by atoms with Crippen LogP contribution in [0.2, 0.25) is 0 Å². The molecule has 150 valence electrons. The Morgan fingerprint density at radius 3 is 2.72 bits per heavy atom. The number of fused-ring (bicyclic) bond motifs is 1. The number of nitriles is 1. The van der Waals surface area contributed by atoms with Crippen LogP contribution in [0.3, 0.4) is 0 Å². The number of nitrogens with one attached hydrogen (secondary N) is 2. The molecule has 0 fully saturated rings. The van der Waals surface area contributed by atoms with E-state index in [1.54, 1.807) is 6.07 Å². The third-order valence-corrected chi connectivity index (χ3v) is 4.13. The molecule has 1 aliphatic rings. The van der Waals surface area contributed by atoms with Crippen molar-refractivity contribution in [3.05, 3.63) is 53.3 Å². The maximum atomic E-state index is 13.4. The van der Waals surface area contributed by atoms with Gasteiger partial charge in [0.1, 0.15) is 17.6 Å². The van der Waals surface area contributed by atoms with Crippen molar-refractivity contribution in [2.75, 3.05) is 17.2 Å². The number of halogens is 4. The Labute approximate surface area is 162 Å². The summed E-state index contributed by atoms with van der Waals surface area (Å²) >= 11 is 0. The highest BCUT2D eigenvalue weighted by Gasteiger charge is 2.31. The second kappa shape index (κ2) is 7.79. The Morgan fingerprint density at radius 1 is 1.28 bits per heavy atom. The summed E-state index contributed by atoms with van der Waals surface area (Å²) in [7, 11) is 0. The molecule has 0 radical (unpaired) electrons. The molecule has 0 spiro atoms. The molecule has 0 saturated carbocycles. The van der Waals surface area contributed by atoms with E-state index in [0.29, 0.717) is 5.56 Å².